The van der Waals surface area contributed by atoms with E-state index in [0.29, 0.717) is 12.8 Å². The zero-order chi connectivity index (χ0) is 18.5. The van der Waals surface area contributed by atoms with E-state index in [1.165, 1.54) is 0 Å². The molecule has 1 amide bonds. The molecular formula is C21H24N2O3. The molecule has 136 valence electrons. The van der Waals surface area contributed by atoms with Gasteiger partial charge < -0.3 is 10.4 Å². The zero-order valence-electron chi connectivity index (χ0n) is 14.9. The van der Waals surface area contributed by atoms with Crippen molar-refractivity contribution in [2.24, 2.45) is 11.8 Å². The Labute approximate surface area is 153 Å². The number of aliphatic carboxylic acids is 1. The maximum absolute atomic E-state index is 12.5. The lowest BCUT2D eigenvalue weighted by molar-refractivity contribution is -0.144. The summed E-state index contributed by atoms with van der Waals surface area (Å²) in [5.41, 5.74) is 3.16. The van der Waals surface area contributed by atoms with Gasteiger partial charge in [0.15, 0.2) is 0 Å². The van der Waals surface area contributed by atoms with E-state index in [1.807, 2.05) is 49.5 Å². The fourth-order valence-corrected chi connectivity index (χ4v) is 3.56. The van der Waals surface area contributed by atoms with E-state index in [-0.39, 0.29) is 17.9 Å². The summed E-state index contributed by atoms with van der Waals surface area (Å²) in [5.74, 6) is -1.43. The Kier molecular flexibility index (Phi) is 5.66. The Morgan fingerprint density at radius 2 is 1.85 bits per heavy atom. The average molecular weight is 352 g/mol. The lowest BCUT2D eigenvalue weighted by atomic mass is 9.81. The van der Waals surface area contributed by atoms with Crippen LogP contribution in [0.1, 0.15) is 44.2 Å². The fourth-order valence-electron chi connectivity index (χ4n) is 3.56. The Balaban J connectivity index is 1.61. The molecule has 0 radical (unpaired) electrons. The Morgan fingerprint density at radius 3 is 2.50 bits per heavy atom. The van der Waals surface area contributed by atoms with Crippen molar-refractivity contribution < 1.29 is 14.7 Å². The molecule has 3 unspecified atom stereocenters. The molecule has 1 fully saturated rings. The first-order chi connectivity index (χ1) is 12.5. The normalized spacial score (nSPS) is 21.0. The molecule has 1 aromatic carbocycles. The number of carbonyl (C=O) groups excluding carboxylic acids is 1. The van der Waals surface area contributed by atoms with Crippen molar-refractivity contribution in [1.29, 1.82) is 0 Å². The lowest BCUT2D eigenvalue weighted by Gasteiger charge is -2.27. The number of carboxylic acids is 1. The highest BCUT2D eigenvalue weighted by Gasteiger charge is 2.31. The summed E-state index contributed by atoms with van der Waals surface area (Å²) in [6.07, 6.45) is 6.24. The van der Waals surface area contributed by atoms with Gasteiger partial charge in [-0.15, -0.1) is 0 Å². The van der Waals surface area contributed by atoms with Gasteiger partial charge in [0.1, 0.15) is 0 Å². The number of benzene rings is 1. The molecule has 3 atom stereocenters. The third kappa shape index (κ3) is 4.28. The molecule has 3 rings (SSSR count). The van der Waals surface area contributed by atoms with Crippen LogP contribution in [0, 0.1) is 11.8 Å². The largest absolute Gasteiger partial charge is 0.481 e. The van der Waals surface area contributed by atoms with E-state index in [1.54, 1.807) is 6.20 Å². The number of rotatable bonds is 5. The molecule has 5 heteroatoms. The molecule has 1 heterocycles. The quantitative estimate of drug-likeness (QED) is 0.857. The van der Waals surface area contributed by atoms with E-state index in [4.69, 9.17) is 0 Å². The van der Waals surface area contributed by atoms with Gasteiger partial charge in [-0.25, -0.2) is 0 Å². The predicted molar refractivity (Wildman–Crippen MR) is 99.3 cm³/mol. The molecule has 0 bridgehead atoms. The highest BCUT2D eigenvalue weighted by molar-refractivity contribution is 5.80. The standard InChI is InChI=1S/C21H24N2O3/c1-14(23-20(24)17-4-2-5-18(12-17)21(25)26)15-7-9-16(10-8-15)19-6-3-11-22-13-19/h3,6-11,13-14,17-18H,2,4-5,12H2,1H3,(H,23,24)(H,25,26). The molecule has 1 aliphatic carbocycles. The van der Waals surface area contributed by atoms with Crippen LogP contribution in [-0.4, -0.2) is 22.0 Å². The molecule has 0 spiro atoms. The molecule has 2 aromatic rings. The SMILES string of the molecule is CC(NC(=O)C1CCCC(C(=O)O)C1)c1ccc(-c2cccnc2)cc1. The Hall–Kier alpha value is -2.69. The second-order valence-corrected chi connectivity index (χ2v) is 6.99. The minimum atomic E-state index is -0.790. The number of hydrogen-bond acceptors (Lipinski definition) is 3. The van der Waals surface area contributed by atoms with Gasteiger partial charge in [-0.05, 0) is 48.9 Å². The first-order valence-electron chi connectivity index (χ1n) is 9.08. The van der Waals surface area contributed by atoms with E-state index < -0.39 is 11.9 Å². The van der Waals surface area contributed by atoms with Crippen molar-refractivity contribution in [2.75, 3.05) is 0 Å². The summed E-state index contributed by atoms with van der Waals surface area (Å²) in [5, 5.41) is 12.2. The zero-order valence-corrected chi connectivity index (χ0v) is 14.9. The van der Waals surface area contributed by atoms with E-state index >= 15 is 0 Å². The summed E-state index contributed by atoms with van der Waals surface area (Å²) in [6, 6.07) is 11.9. The molecule has 1 aromatic heterocycles. The summed E-state index contributed by atoms with van der Waals surface area (Å²) < 4.78 is 0. The van der Waals surface area contributed by atoms with Gasteiger partial charge in [-0.1, -0.05) is 36.8 Å². The van der Waals surface area contributed by atoms with Crippen LogP contribution in [0.25, 0.3) is 11.1 Å². The smallest absolute Gasteiger partial charge is 0.306 e. The molecule has 1 saturated carbocycles. The topological polar surface area (TPSA) is 79.3 Å². The van der Waals surface area contributed by atoms with Crippen LogP contribution in [0.4, 0.5) is 0 Å². The van der Waals surface area contributed by atoms with Gasteiger partial charge in [0, 0.05) is 18.3 Å². The lowest BCUT2D eigenvalue weighted by Crippen LogP contribution is -2.36. The number of amides is 1. The second kappa shape index (κ2) is 8.13. The molecule has 5 nitrogen and oxygen atoms in total. The number of aromatic nitrogens is 1. The van der Waals surface area contributed by atoms with Crippen LogP contribution in [0.5, 0.6) is 0 Å². The van der Waals surface area contributed by atoms with E-state index in [2.05, 4.69) is 10.3 Å². The van der Waals surface area contributed by atoms with Crippen molar-refractivity contribution in [1.82, 2.24) is 10.3 Å². The number of hydrogen-bond donors (Lipinski definition) is 2. The highest BCUT2D eigenvalue weighted by atomic mass is 16.4. The van der Waals surface area contributed by atoms with Crippen LogP contribution in [0.15, 0.2) is 48.8 Å². The molecule has 2 N–H and O–H groups in total. The van der Waals surface area contributed by atoms with Crippen molar-refractivity contribution in [2.45, 2.75) is 38.6 Å². The number of pyridine rings is 1. The highest BCUT2D eigenvalue weighted by Crippen LogP contribution is 2.30. The summed E-state index contributed by atoms with van der Waals surface area (Å²) >= 11 is 0. The Bertz CT molecular complexity index is 759. The molecule has 0 saturated heterocycles. The number of nitrogens with one attached hydrogen (secondary N) is 1. The van der Waals surface area contributed by atoms with Crippen molar-refractivity contribution >= 4 is 11.9 Å². The van der Waals surface area contributed by atoms with Gasteiger partial charge in [-0.3, -0.25) is 14.6 Å². The van der Waals surface area contributed by atoms with Crippen molar-refractivity contribution in [3.63, 3.8) is 0 Å². The first-order valence-corrected chi connectivity index (χ1v) is 9.08. The second-order valence-electron chi connectivity index (χ2n) is 6.99. The summed E-state index contributed by atoms with van der Waals surface area (Å²) in [4.78, 5) is 27.8. The number of nitrogens with zero attached hydrogens (tertiary/aromatic N) is 1. The average Bonchev–Trinajstić information content (AvgIpc) is 2.68. The molecule has 26 heavy (non-hydrogen) atoms. The number of carbonyl (C=O) groups is 2. The molecule has 1 aliphatic rings. The minimum absolute atomic E-state index is 0.0419. The summed E-state index contributed by atoms with van der Waals surface area (Å²) in [6.45, 7) is 1.95. The van der Waals surface area contributed by atoms with Crippen LogP contribution < -0.4 is 5.32 Å². The van der Waals surface area contributed by atoms with Crippen molar-refractivity contribution in [3.8, 4) is 11.1 Å². The number of carboxylic acid groups (broad SMARTS) is 1. The van der Waals surface area contributed by atoms with Gasteiger partial charge in [0.05, 0.1) is 12.0 Å². The van der Waals surface area contributed by atoms with Gasteiger partial charge >= 0.3 is 5.97 Å². The van der Waals surface area contributed by atoms with Crippen LogP contribution in [0.2, 0.25) is 0 Å². The van der Waals surface area contributed by atoms with Crippen LogP contribution >= 0.6 is 0 Å². The monoisotopic (exact) mass is 352 g/mol. The molecular weight excluding hydrogens is 328 g/mol. The van der Waals surface area contributed by atoms with Crippen LogP contribution in [0.3, 0.4) is 0 Å². The van der Waals surface area contributed by atoms with E-state index in [0.717, 1.165) is 29.5 Å². The van der Waals surface area contributed by atoms with Gasteiger partial charge in [-0.2, -0.15) is 0 Å². The predicted octanol–water partition coefficient (Wildman–Crippen LogP) is 3.82. The minimum Gasteiger partial charge on any atom is -0.481 e. The third-order valence-electron chi connectivity index (χ3n) is 5.16. The fraction of sp³-hybridized carbons (Fsp3) is 0.381. The summed E-state index contributed by atoms with van der Waals surface area (Å²) in [7, 11) is 0. The molecule has 0 aliphatic heterocycles. The van der Waals surface area contributed by atoms with Crippen LogP contribution in [-0.2, 0) is 9.59 Å². The third-order valence-corrected chi connectivity index (χ3v) is 5.16. The maximum atomic E-state index is 12.5. The first kappa shape index (κ1) is 18.1. The van der Waals surface area contributed by atoms with Gasteiger partial charge in [0.2, 0.25) is 5.91 Å². The Morgan fingerprint density at radius 1 is 1.12 bits per heavy atom. The van der Waals surface area contributed by atoms with E-state index in [9.17, 15) is 14.7 Å². The maximum Gasteiger partial charge on any atom is 0.306 e. The van der Waals surface area contributed by atoms with Gasteiger partial charge in [0.25, 0.3) is 0 Å². The van der Waals surface area contributed by atoms with Crippen molar-refractivity contribution in [3.05, 3.63) is 54.4 Å².